The van der Waals surface area contributed by atoms with E-state index < -0.39 is 6.10 Å². The molecule has 1 amide bonds. The number of nitrogens with one attached hydrogen (secondary N) is 1. The van der Waals surface area contributed by atoms with E-state index in [9.17, 15) is 9.90 Å². The van der Waals surface area contributed by atoms with Crippen LogP contribution in [-0.2, 0) is 9.53 Å². The molecular formula is C13H28N2O3. The van der Waals surface area contributed by atoms with Crippen LogP contribution >= 0.6 is 0 Å². The standard InChI is InChI=1S/C13H28N2O3/c1-10(2)6-11(3)18-9-12(16)7-14-8-13(17)15(4)5/h10-12,14,16H,6-9H2,1-5H3. The number of rotatable bonds is 9. The van der Waals surface area contributed by atoms with Crippen molar-refractivity contribution in [2.75, 3.05) is 33.8 Å². The van der Waals surface area contributed by atoms with Crippen molar-refractivity contribution in [1.29, 1.82) is 0 Å². The summed E-state index contributed by atoms with van der Waals surface area (Å²) in [4.78, 5) is 12.8. The maximum Gasteiger partial charge on any atom is 0.236 e. The number of nitrogens with zero attached hydrogens (tertiary/aromatic N) is 1. The summed E-state index contributed by atoms with van der Waals surface area (Å²) in [5.41, 5.74) is 0. The molecule has 5 nitrogen and oxygen atoms in total. The van der Waals surface area contributed by atoms with Gasteiger partial charge < -0.3 is 20.1 Å². The molecule has 0 heterocycles. The first-order chi connectivity index (χ1) is 8.32. The third kappa shape index (κ3) is 9.39. The minimum absolute atomic E-state index is 0.00343. The summed E-state index contributed by atoms with van der Waals surface area (Å²) < 4.78 is 5.53. The third-order valence-electron chi connectivity index (χ3n) is 2.53. The van der Waals surface area contributed by atoms with E-state index >= 15 is 0 Å². The normalized spacial score (nSPS) is 14.6. The summed E-state index contributed by atoms with van der Waals surface area (Å²) in [6.07, 6.45) is 0.567. The first-order valence-electron chi connectivity index (χ1n) is 6.53. The Morgan fingerprint density at radius 2 is 1.94 bits per heavy atom. The van der Waals surface area contributed by atoms with Gasteiger partial charge in [0.2, 0.25) is 5.91 Å². The third-order valence-corrected chi connectivity index (χ3v) is 2.53. The average Bonchev–Trinajstić information content (AvgIpc) is 2.25. The molecule has 2 atom stereocenters. The highest BCUT2D eigenvalue weighted by Gasteiger charge is 2.10. The van der Waals surface area contributed by atoms with Gasteiger partial charge in [-0.1, -0.05) is 13.8 Å². The summed E-state index contributed by atoms with van der Waals surface area (Å²) in [6.45, 7) is 7.21. The Morgan fingerprint density at radius 1 is 1.33 bits per heavy atom. The number of aliphatic hydroxyl groups is 1. The number of hydrogen-bond donors (Lipinski definition) is 2. The monoisotopic (exact) mass is 260 g/mol. The molecule has 0 radical (unpaired) electrons. The van der Waals surface area contributed by atoms with E-state index in [0.29, 0.717) is 19.1 Å². The van der Waals surface area contributed by atoms with Crippen molar-refractivity contribution in [1.82, 2.24) is 10.2 Å². The predicted molar refractivity (Wildman–Crippen MR) is 72.4 cm³/mol. The van der Waals surface area contributed by atoms with E-state index in [1.165, 1.54) is 4.90 Å². The lowest BCUT2D eigenvalue weighted by molar-refractivity contribution is -0.127. The van der Waals surface area contributed by atoms with Gasteiger partial charge >= 0.3 is 0 Å². The van der Waals surface area contributed by atoms with Gasteiger partial charge in [-0.3, -0.25) is 4.79 Å². The molecule has 0 saturated carbocycles. The quantitative estimate of drug-likeness (QED) is 0.633. The van der Waals surface area contributed by atoms with Crippen molar-refractivity contribution < 1.29 is 14.6 Å². The second kappa shape index (κ2) is 9.30. The molecule has 0 aromatic rings. The van der Waals surface area contributed by atoms with Crippen molar-refractivity contribution in [3.8, 4) is 0 Å². The van der Waals surface area contributed by atoms with Crippen molar-refractivity contribution in [3.63, 3.8) is 0 Å². The van der Waals surface area contributed by atoms with Crippen molar-refractivity contribution in [3.05, 3.63) is 0 Å². The van der Waals surface area contributed by atoms with Crippen LogP contribution < -0.4 is 5.32 Å². The number of likely N-dealkylation sites (N-methyl/N-ethyl adjacent to an activating group) is 1. The Hall–Kier alpha value is -0.650. The zero-order valence-corrected chi connectivity index (χ0v) is 12.3. The highest BCUT2D eigenvalue weighted by molar-refractivity contribution is 5.77. The molecule has 0 aliphatic rings. The molecule has 0 aromatic carbocycles. The van der Waals surface area contributed by atoms with Gasteiger partial charge in [0, 0.05) is 20.6 Å². The molecule has 0 bridgehead atoms. The fraction of sp³-hybridized carbons (Fsp3) is 0.923. The molecule has 2 N–H and O–H groups in total. The van der Waals surface area contributed by atoms with E-state index in [2.05, 4.69) is 19.2 Å². The van der Waals surface area contributed by atoms with E-state index in [1.54, 1.807) is 14.1 Å². The molecule has 0 aromatic heterocycles. The second-order valence-corrected chi connectivity index (χ2v) is 5.35. The van der Waals surface area contributed by atoms with Crippen molar-refractivity contribution in [2.24, 2.45) is 5.92 Å². The summed E-state index contributed by atoms with van der Waals surface area (Å²) >= 11 is 0. The number of aliphatic hydroxyl groups excluding tert-OH is 1. The molecule has 2 unspecified atom stereocenters. The maximum atomic E-state index is 11.3. The van der Waals surface area contributed by atoms with Crippen LogP contribution in [0.3, 0.4) is 0 Å². The van der Waals surface area contributed by atoms with E-state index in [0.717, 1.165) is 6.42 Å². The molecule has 0 rings (SSSR count). The molecule has 18 heavy (non-hydrogen) atoms. The molecule has 108 valence electrons. The van der Waals surface area contributed by atoms with E-state index in [-0.39, 0.29) is 18.6 Å². The second-order valence-electron chi connectivity index (χ2n) is 5.35. The van der Waals surface area contributed by atoms with Crippen molar-refractivity contribution >= 4 is 5.91 Å². The summed E-state index contributed by atoms with van der Waals surface area (Å²) in [5.74, 6) is 0.587. The van der Waals surface area contributed by atoms with Crippen LogP contribution in [0.5, 0.6) is 0 Å². The van der Waals surface area contributed by atoms with Gasteiger partial charge in [0.25, 0.3) is 0 Å². The van der Waals surface area contributed by atoms with Gasteiger partial charge in [0.1, 0.15) is 0 Å². The van der Waals surface area contributed by atoms with Crippen LogP contribution in [0.25, 0.3) is 0 Å². The van der Waals surface area contributed by atoms with Gasteiger partial charge in [-0.2, -0.15) is 0 Å². The number of hydrogen-bond acceptors (Lipinski definition) is 4. The number of amides is 1. The zero-order chi connectivity index (χ0) is 14.1. The van der Waals surface area contributed by atoms with Crippen LogP contribution in [0, 0.1) is 5.92 Å². The van der Waals surface area contributed by atoms with E-state index in [4.69, 9.17) is 4.74 Å². The molecule has 0 spiro atoms. The van der Waals surface area contributed by atoms with Gasteiger partial charge in [-0.15, -0.1) is 0 Å². The largest absolute Gasteiger partial charge is 0.389 e. The van der Waals surface area contributed by atoms with Crippen LogP contribution in [0.15, 0.2) is 0 Å². The number of carbonyl (C=O) groups is 1. The Balaban J connectivity index is 3.59. The van der Waals surface area contributed by atoms with Crippen LogP contribution in [0.4, 0.5) is 0 Å². The van der Waals surface area contributed by atoms with Crippen LogP contribution in [-0.4, -0.2) is 61.9 Å². The molecule has 0 fully saturated rings. The molecule has 5 heteroatoms. The van der Waals surface area contributed by atoms with E-state index in [1.807, 2.05) is 6.92 Å². The fourth-order valence-electron chi connectivity index (χ4n) is 1.57. The first kappa shape index (κ1) is 17.4. The lowest BCUT2D eigenvalue weighted by atomic mass is 10.1. The maximum absolute atomic E-state index is 11.3. The minimum atomic E-state index is -0.574. The predicted octanol–water partition coefficient (Wildman–Crippen LogP) is 0.476. The molecular weight excluding hydrogens is 232 g/mol. The highest BCUT2D eigenvalue weighted by atomic mass is 16.5. The fourth-order valence-corrected chi connectivity index (χ4v) is 1.57. The Labute approximate surface area is 110 Å². The topological polar surface area (TPSA) is 61.8 Å². The number of carbonyl (C=O) groups excluding carboxylic acids is 1. The van der Waals surface area contributed by atoms with Gasteiger partial charge in [-0.05, 0) is 19.3 Å². The first-order valence-corrected chi connectivity index (χ1v) is 6.53. The molecule has 0 saturated heterocycles. The van der Waals surface area contributed by atoms with Gasteiger partial charge in [-0.25, -0.2) is 0 Å². The Morgan fingerprint density at radius 3 is 2.44 bits per heavy atom. The average molecular weight is 260 g/mol. The lowest BCUT2D eigenvalue weighted by Crippen LogP contribution is -2.38. The molecule has 0 aliphatic heterocycles. The highest BCUT2D eigenvalue weighted by Crippen LogP contribution is 2.07. The smallest absolute Gasteiger partial charge is 0.236 e. The Bertz CT molecular complexity index is 232. The van der Waals surface area contributed by atoms with Gasteiger partial charge in [0.15, 0.2) is 0 Å². The SMILES string of the molecule is CC(C)CC(C)OCC(O)CNCC(=O)N(C)C. The van der Waals surface area contributed by atoms with Crippen LogP contribution in [0.1, 0.15) is 27.2 Å². The number of ether oxygens (including phenoxy) is 1. The molecule has 0 aliphatic carbocycles. The summed E-state index contributed by atoms with van der Waals surface area (Å²) in [6, 6.07) is 0. The minimum Gasteiger partial charge on any atom is -0.389 e. The summed E-state index contributed by atoms with van der Waals surface area (Å²) in [5, 5.41) is 12.6. The Kier molecular flexibility index (Phi) is 8.97. The van der Waals surface area contributed by atoms with Crippen molar-refractivity contribution in [2.45, 2.75) is 39.4 Å². The zero-order valence-electron chi connectivity index (χ0n) is 12.3. The van der Waals surface area contributed by atoms with Crippen LogP contribution in [0.2, 0.25) is 0 Å². The summed E-state index contributed by atoms with van der Waals surface area (Å²) in [7, 11) is 3.41. The van der Waals surface area contributed by atoms with Gasteiger partial charge in [0.05, 0.1) is 25.4 Å². The lowest BCUT2D eigenvalue weighted by Gasteiger charge is -2.18.